The van der Waals surface area contributed by atoms with E-state index in [1.807, 2.05) is 0 Å². The molecule has 0 aliphatic rings. The van der Waals surface area contributed by atoms with Crippen LogP contribution in [0, 0.1) is 0 Å². The molecule has 0 aliphatic heterocycles. The number of imidazole rings is 1. The number of hydrogen-bond acceptors (Lipinski definition) is 5. The Bertz CT molecular complexity index is 455. The van der Waals surface area contributed by atoms with E-state index in [2.05, 4.69) is 19.4 Å². The molecular weight excluding hydrogens is 258 g/mol. The number of esters is 1. The van der Waals surface area contributed by atoms with Crippen molar-refractivity contribution < 1.29 is 17.9 Å². The summed E-state index contributed by atoms with van der Waals surface area (Å²) in [6.07, 6.45) is 3.62. The number of carbonyl (C=O) groups is 1. The fraction of sp³-hybridized carbons (Fsp3) is 0.600. The summed E-state index contributed by atoms with van der Waals surface area (Å²) in [5.41, 5.74) is 0. The third-order valence-corrected chi connectivity index (χ3v) is 3.50. The molecular formula is C10H17N3O4S. The quantitative estimate of drug-likeness (QED) is 0.641. The predicted octanol–water partition coefficient (Wildman–Crippen LogP) is -0.175. The molecule has 2 N–H and O–H groups in total. The van der Waals surface area contributed by atoms with Crippen molar-refractivity contribution >= 4 is 16.0 Å². The van der Waals surface area contributed by atoms with Crippen LogP contribution < -0.4 is 4.72 Å². The van der Waals surface area contributed by atoms with Crippen molar-refractivity contribution in [2.75, 3.05) is 18.9 Å². The Balaban J connectivity index is 2.25. The molecule has 0 unspecified atom stereocenters. The summed E-state index contributed by atoms with van der Waals surface area (Å²) in [7, 11) is -3.44. The van der Waals surface area contributed by atoms with E-state index in [1.54, 1.807) is 19.3 Å². The van der Waals surface area contributed by atoms with Crippen LogP contribution in [0.5, 0.6) is 0 Å². The highest BCUT2D eigenvalue weighted by molar-refractivity contribution is 7.89. The first-order valence-corrected chi connectivity index (χ1v) is 7.30. The lowest BCUT2D eigenvalue weighted by molar-refractivity contribution is -0.142. The van der Waals surface area contributed by atoms with Gasteiger partial charge in [-0.05, 0) is 6.92 Å². The van der Waals surface area contributed by atoms with E-state index in [0.29, 0.717) is 12.2 Å². The van der Waals surface area contributed by atoms with E-state index in [4.69, 9.17) is 0 Å². The second kappa shape index (κ2) is 7.12. The summed E-state index contributed by atoms with van der Waals surface area (Å²) in [6, 6.07) is 0. The molecule has 0 radical (unpaired) electrons. The van der Waals surface area contributed by atoms with Crippen molar-refractivity contribution in [2.45, 2.75) is 19.8 Å². The highest BCUT2D eigenvalue weighted by Crippen LogP contribution is 1.94. The van der Waals surface area contributed by atoms with Gasteiger partial charge in [0.25, 0.3) is 0 Å². The molecule has 8 heteroatoms. The molecule has 0 saturated heterocycles. The smallest absolute Gasteiger partial charge is 0.306 e. The number of sulfonamides is 1. The van der Waals surface area contributed by atoms with Gasteiger partial charge in [0.2, 0.25) is 10.0 Å². The average molecular weight is 275 g/mol. The van der Waals surface area contributed by atoms with E-state index >= 15 is 0 Å². The van der Waals surface area contributed by atoms with E-state index in [1.165, 1.54) is 0 Å². The van der Waals surface area contributed by atoms with Gasteiger partial charge in [-0.1, -0.05) is 0 Å². The molecule has 1 aromatic rings. The first-order valence-electron chi connectivity index (χ1n) is 5.64. The Morgan fingerprint density at radius 1 is 1.56 bits per heavy atom. The van der Waals surface area contributed by atoms with Crippen molar-refractivity contribution in [2.24, 2.45) is 0 Å². The second-order valence-electron chi connectivity index (χ2n) is 3.55. The van der Waals surface area contributed by atoms with Gasteiger partial charge in [0.15, 0.2) is 0 Å². The second-order valence-corrected chi connectivity index (χ2v) is 5.48. The summed E-state index contributed by atoms with van der Waals surface area (Å²) in [4.78, 5) is 17.9. The van der Waals surface area contributed by atoms with Crippen molar-refractivity contribution in [3.05, 3.63) is 18.2 Å². The molecule has 0 aromatic carbocycles. The number of rotatable bonds is 8. The van der Waals surface area contributed by atoms with Crippen LogP contribution in [0.3, 0.4) is 0 Å². The number of nitrogens with one attached hydrogen (secondary N) is 2. The summed E-state index contributed by atoms with van der Waals surface area (Å²) in [5, 5.41) is 0. The van der Waals surface area contributed by atoms with Crippen LogP contribution in [0.4, 0.5) is 0 Å². The Hall–Kier alpha value is -1.41. The molecule has 7 nitrogen and oxygen atoms in total. The minimum atomic E-state index is -3.44. The van der Waals surface area contributed by atoms with Gasteiger partial charge in [0.05, 0.1) is 18.8 Å². The van der Waals surface area contributed by atoms with E-state index in [0.717, 1.165) is 0 Å². The normalized spacial score (nSPS) is 11.4. The summed E-state index contributed by atoms with van der Waals surface area (Å²) < 4.78 is 30.1. The summed E-state index contributed by atoms with van der Waals surface area (Å²) in [6.45, 7) is 2.18. The van der Waals surface area contributed by atoms with Crippen LogP contribution in [0.2, 0.25) is 0 Å². The van der Waals surface area contributed by atoms with Crippen LogP contribution in [0.15, 0.2) is 12.4 Å². The largest absolute Gasteiger partial charge is 0.466 e. The van der Waals surface area contributed by atoms with E-state index in [-0.39, 0.29) is 25.3 Å². The molecule has 0 bridgehead atoms. The fourth-order valence-corrected chi connectivity index (χ4v) is 2.28. The number of ether oxygens (including phenoxy) is 1. The topological polar surface area (TPSA) is 101 Å². The molecule has 0 fully saturated rings. The van der Waals surface area contributed by atoms with Gasteiger partial charge >= 0.3 is 5.97 Å². The third-order valence-electron chi connectivity index (χ3n) is 2.12. The number of aromatic amines is 1. The molecule has 0 amide bonds. The molecule has 1 aromatic heterocycles. The van der Waals surface area contributed by atoms with Gasteiger partial charge in [0.1, 0.15) is 5.82 Å². The number of carbonyl (C=O) groups excluding carboxylic acids is 1. The lowest BCUT2D eigenvalue weighted by Crippen LogP contribution is -2.29. The maximum absolute atomic E-state index is 11.5. The van der Waals surface area contributed by atoms with Gasteiger partial charge in [-0.15, -0.1) is 0 Å². The number of nitrogens with zero attached hydrogens (tertiary/aromatic N) is 1. The molecule has 0 aliphatic carbocycles. The maximum atomic E-state index is 11.5. The molecule has 18 heavy (non-hydrogen) atoms. The van der Waals surface area contributed by atoms with Crippen LogP contribution >= 0.6 is 0 Å². The van der Waals surface area contributed by atoms with Gasteiger partial charge < -0.3 is 9.72 Å². The Kier molecular flexibility index (Phi) is 5.79. The predicted molar refractivity (Wildman–Crippen MR) is 65.3 cm³/mol. The van der Waals surface area contributed by atoms with Gasteiger partial charge in [0, 0.05) is 25.4 Å². The average Bonchev–Trinajstić information content (AvgIpc) is 2.80. The Morgan fingerprint density at radius 3 is 2.94 bits per heavy atom. The summed E-state index contributed by atoms with van der Waals surface area (Å²) >= 11 is 0. The highest BCUT2D eigenvalue weighted by atomic mass is 32.2. The number of hydrogen-bond donors (Lipinski definition) is 2. The monoisotopic (exact) mass is 275 g/mol. The van der Waals surface area contributed by atoms with E-state index < -0.39 is 16.0 Å². The minimum absolute atomic E-state index is 0.135. The minimum Gasteiger partial charge on any atom is -0.466 e. The van der Waals surface area contributed by atoms with Crippen molar-refractivity contribution in [1.82, 2.24) is 14.7 Å². The van der Waals surface area contributed by atoms with Crippen LogP contribution in [-0.2, 0) is 26.0 Å². The first kappa shape index (κ1) is 14.7. The molecule has 0 atom stereocenters. The molecule has 0 saturated carbocycles. The number of aromatic nitrogens is 2. The number of H-pyrrole nitrogens is 1. The van der Waals surface area contributed by atoms with Crippen LogP contribution in [0.25, 0.3) is 0 Å². The van der Waals surface area contributed by atoms with Crippen LogP contribution in [-0.4, -0.2) is 43.3 Å². The van der Waals surface area contributed by atoms with Crippen molar-refractivity contribution in [3.8, 4) is 0 Å². The molecule has 1 rings (SSSR count). The highest BCUT2D eigenvalue weighted by Gasteiger charge is 2.13. The molecule has 1 heterocycles. The lowest BCUT2D eigenvalue weighted by Gasteiger charge is -2.05. The van der Waals surface area contributed by atoms with Gasteiger partial charge in [-0.25, -0.2) is 18.1 Å². The zero-order valence-corrected chi connectivity index (χ0v) is 11.0. The van der Waals surface area contributed by atoms with Gasteiger partial charge in [-0.3, -0.25) is 4.79 Å². The van der Waals surface area contributed by atoms with Crippen molar-refractivity contribution in [3.63, 3.8) is 0 Å². The summed E-state index contributed by atoms with van der Waals surface area (Å²) in [5.74, 6) is -0.0544. The molecule has 102 valence electrons. The zero-order valence-electron chi connectivity index (χ0n) is 10.2. The van der Waals surface area contributed by atoms with Crippen LogP contribution in [0.1, 0.15) is 19.2 Å². The van der Waals surface area contributed by atoms with Crippen molar-refractivity contribution in [1.29, 1.82) is 0 Å². The first-order chi connectivity index (χ1) is 8.53. The lowest BCUT2D eigenvalue weighted by atomic mass is 10.4. The third kappa shape index (κ3) is 5.78. The van der Waals surface area contributed by atoms with E-state index in [9.17, 15) is 13.2 Å². The maximum Gasteiger partial charge on any atom is 0.306 e. The fourth-order valence-electron chi connectivity index (χ4n) is 1.28. The standard InChI is InChI=1S/C10H17N3O4S/c1-2-17-10(14)4-8-18(15,16)13-5-3-9-11-6-7-12-9/h6-7,13H,2-5,8H2,1H3,(H,11,12). The SMILES string of the molecule is CCOC(=O)CCS(=O)(=O)NCCc1ncc[nH]1. The Morgan fingerprint density at radius 2 is 2.33 bits per heavy atom. The zero-order chi connectivity index (χ0) is 13.4. The van der Waals surface area contributed by atoms with Gasteiger partial charge in [-0.2, -0.15) is 0 Å². The Labute approximate surface area is 106 Å². The molecule has 0 spiro atoms.